The molecular formula is C13H26N2O3. The van der Waals surface area contributed by atoms with Gasteiger partial charge in [-0.05, 0) is 18.8 Å². The molecule has 1 atom stereocenters. The van der Waals surface area contributed by atoms with Crippen molar-refractivity contribution in [3.05, 3.63) is 0 Å². The Hall–Kier alpha value is -1.10. The number of aliphatic hydroxyl groups is 1. The van der Waals surface area contributed by atoms with Gasteiger partial charge in [0.05, 0.1) is 5.60 Å². The van der Waals surface area contributed by atoms with E-state index in [1.165, 1.54) is 6.92 Å². The third kappa shape index (κ3) is 5.49. The van der Waals surface area contributed by atoms with Crippen molar-refractivity contribution in [2.75, 3.05) is 6.54 Å². The maximum Gasteiger partial charge on any atom is 0.242 e. The first-order valence-electron chi connectivity index (χ1n) is 6.53. The molecule has 0 aromatic heterocycles. The molecule has 0 aliphatic carbocycles. The molecule has 2 amide bonds. The summed E-state index contributed by atoms with van der Waals surface area (Å²) < 4.78 is 0. The molecule has 0 rings (SSSR count). The van der Waals surface area contributed by atoms with E-state index < -0.39 is 11.6 Å². The Kier molecular flexibility index (Phi) is 6.91. The molecule has 0 saturated carbocycles. The number of hydrogen-bond donors (Lipinski definition) is 3. The highest BCUT2D eigenvalue weighted by atomic mass is 16.3. The topological polar surface area (TPSA) is 78.4 Å². The van der Waals surface area contributed by atoms with Crippen molar-refractivity contribution in [2.24, 2.45) is 5.92 Å². The molecule has 106 valence electrons. The Bertz CT molecular complexity index is 286. The zero-order valence-electron chi connectivity index (χ0n) is 12.0. The Balaban J connectivity index is 4.48. The van der Waals surface area contributed by atoms with E-state index in [0.717, 1.165) is 0 Å². The van der Waals surface area contributed by atoms with Gasteiger partial charge in [-0.2, -0.15) is 0 Å². The second-order valence-corrected chi connectivity index (χ2v) is 5.07. The first-order chi connectivity index (χ1) is 8.25. The average molecular weight is 258 g/mol. The zero-order chi connectivity index (χ0) is 14.3. The predicted octanol–water partition coefficient (Wildman–Crippen LogP) is 0.814. The van der Waals surface area contributed by atoms with Crippen molar-refractivity contribution < 1.29 is 14.7 Å². The minimum atomic E-state index is -0.868. The van der Waals surface area contributed by atoms with Gasteiger partial charge in [-0.1, -0.05) is 27.7 Å². The fraction of sp³-hybridized carbons (Fsp3) is 0.846. The van der Waals surface area contributed by atoms with Crippen LogP contribution in [0.1, 0.15) is 47.5 Å². The van der Waals surface area contributed by atoms with Crippen molar-refractivity contribution in [3.8, 4) is 0 Å². The molecule has 0 aliphatic heterocycles. The second-order valence-electron chi connectivity index (χ2n) is 5.07. The van der Waals surface area contributed by atoms with Crippen LogP contribution in [0.2, 0.25) is 0 Å². The largest absolute Gasteiger partial charge is 0.388 e. The molecule has 0 fully saturated rings. The summed E-state index contributed by atoms with van der Waals surface area (Å²) in [5.41, 5.74) is -0.868. The Morgan fingerprint density at radius 1 is 1.22 bits per heavy atom. The lowest BCUT2D eigenvalue weighted by Crippen LogP contribution is -2.52. The average Bonchev–Trinajstić information content (AvgIpc) is 2.32. The van der Waals surface area contributed by atoms with Crippen LogP contribution in [0.15, 0.2) is 0 Å². The van der Waals surface area contributed by atoms with Gasteiger partial charge in [-0.15, -0.1) is 0 Å². The molecule has 0 aliphatic rings. The van der Waals surface area contributed by atoms with Crippen molar-refractivity contribution in [1.29, 1.82) is 0 Å². The molecule has 0 heterocycles. The van der Waals surface area contributed by atoms with Crippen molar-refractivity contribution in [1.82, 2.24) is 10.6 Å². The van der Waals surface area contributed by atoms with Crippen LogP contribution in [-0.4, -0.2) is 35.1 Å². The van der Waals surface area contributed by atoms with Gasteiger partial charge < -0.3 is 15.7 Å². The third-order valence-electron chi connectivity index (χ3n) is 3.22. The monoisotopic (exact) mass is 258 g/mol. The lowest BCUT2D eigenvalue weighted by Gasteiger charge is -2.27. The fourth-order valence-corrected chi connectivity index (χ4v) is 1.62. The van der Waals surface area contributed by atoms with E-state index in [2.05, 4.69) is 10.6 Å². The van der Waals surface area contributed by atoms with Gasteiger partial charge in [-0.25, -0.2) is 0 Å². The number of nitrogens with one attached hydrogen (secondary N) is 2. The maximum atomic E-state index is 12.0. The van der Waals surface area contributed by atoms with Crippen LogP contribution >= 0.6 is 0 Å². The standard InChI is InChI=1S/C13H26N2O3/c1-6-13(18,7-2)8-14-12(17)11(9(3)4)15-10(5)16/h9,11,18H,6-8H2,1-5H3,(H,14,17)(H,15,16). The summed E-state index contributed by atoms with van der Waals surface area (Å²) in [5, 5.41) is 15.4. The smallest absolute Gasteiger partial charge is 0.242 e. The highest BCUT2D eigenvalue weighted by Crippen LogP contribution is 2.13. The van der Waals surface area contributed by atoms with E-state index in [-0.39, 0.29) is 24.3 Å². The summed E-state index contributed by atoms with van der Waals surface area (Å²) in [7, 11) is 0. The number of carbonyl (C=O) groups excluding carboxylic acids is 2. The first-order valence-corrected chi connectivity index (χ1v) is 6.53. The number of rotatable bonds is 7. The van der Waals surface area contributed by atoms with Crippen molar-refractivity contribution in [3.63, 3.8) is 0 Å². The Morgan fingerprint density at radius 3 is 2.06 bits per heavy atom. The van der Waals surface area contributed by atoms with Crippen LogP contribution in [0, 0.1) is 5.92 Å². The molecule has 0 bridgehead atoms. The van der Waals surface area contributed by atoms with E-state index in [9.17, 15) is 14.7 Å². The second kappa shape index (κ2) is 7.36. The van der Waals surface area contributed by atoms with E-state index >= 15 is 0 Å². The summed E-state index contributed by atoms with van der Waals surface area (Å²) >= 11 is 0. The van der Waals surface area contributed by atoms with Gasteiger partial charge in [0, 0.05) is 13.5 Å². The molecule has 5 heteroatoms. The van der Waals surface area contributed by atoms with Gasteiger partial charge in [0.1, 0.15) is 6.04 Å². The molecule has 5 nitrogen and oxygen atoms in total. The normalized spacial score (nSPS) is 13.3. The molecule has 0 spiro atoms. The lowest BCUT2D eigenvalue weighted by atomic mass is 9.97. The number of carbonyl (C=O) groups is 2. The maximum absolute atomic E-state index is 12.0. The molecule has 1 unspecified atom stereocenters. The summed E-state index contributed by atoms with van der Waals surface area (Å²) in [6.07, 6.45) is 1.16. The molecule has 0 saturated heterocycles. The van der Waals surface area contributed by atoms with Crippen LogP contribution in [0.25, 0.3) is 0 Å². The van der Waals surface area contributed by atoms with E-state index in [0.29, 0.717) is 12.8 Å². The van der Waals surface area contributed by atoms with E-state index in [1.807, 2.05) is 27.7 Å². The molecule has 0 radical (unpaired) electrons. The van der Waals surface area contributed by atoms with Crippen LogP contribution in [0.3, 0.4) is 0 Å². The fourth-order valence-electron chi connectivity index (χ4n) is 1.62. The van der Waals surface area contributed by atoms with Gasteiger partial charge in [0.25, 0.3) is 0 Å². The summed E-state index contributed by atoms with van der Waals surface area (Å²) in [5.74, 6) is -0.476. The number of amides is 2. The predicted molar refractivity (Wildman–Crippen MR) is 71.0 cm³/mol. The molecular weight excluding hydrogens is 232 g/mol. The molecule has 18 heavy (non-hydrogen) atoms. The highest BCUT2D eigenvalue weighted by molar-refractivity contribution is 5.87. The molecule has 0 aromatic carbocycles. The van der Waals surface area contributed by atoms with Crippen LogP contribution < -0.4 is 10.6 Å². The van der Waals surface area contributed by atoms with Gasteiger partial charge >= 0.3 is 0 Å². The van der Waals surface area contributed by atoms with E-state index in [1.54, 1.807) is 0 Å². The zero-order valence-corrected chi connectivity index (χ0v) is 12.0. The van der Waals surface area contributed by atoms with Gasteiger partial charge in [-0.3, -0.25) is 9.59 Å². The van der Waals surface area contributed by atoms with Crippen LogP contribution in [-0.2, 0) is 9.59 Å². The van der Waals surface area contributed by atoms with Crippen LogP contribution in [0.5, 0.6) is 0 Å². The van der Waals surface area contributed by atoms with Crippen molar-refractivity contribution in [2.45, 2.75) is 59.1 Å². The Labute approximate surface area is 109 Å². The SMILES string of the molecule is CCC(O)(CC)CNC(=O)C(NC(C)=O)C(C)C. The minimum absolute atomic E-state index is 0.00486. The lowest BCUT2D eigenvalue weighted by molar-refractivity contribution is -0.130. The quantitative estimate of drug-likeness (QED) is 0.632. The summed E-state index contributed by atoms with van der Waals surface area (Å²) in [6, 6.07) is -0.555. The first kappa shape index (κ1) is 16.9. The Morgan fingerprint density at radius 2 is 1.72 bits per heavy atom. The van der Waals surface area contributed by atoms with Crippen molar-refractivity contribution >= 4 is 11.8 Å². The summed E-state index contributed by atoms with van der Waals surface area (Å²) in [4.78, 5) is 23.0. The summed E-state index contributed by atoms with van der Waals surface area (Å²) in [6.45, 7) is 9.09. The number of hydrogen-bond acceptors (Lipinski definition) is 3. The highest BCUT2D eigenvalue weighted by Gasteiger charge is 2.27. The minimum Gasteiger partial charge on any atom is -0.388 e. The molecule has 3 N–H and O–H groups in total. The van der Waals surface area contributed by atoms with Gasteiger partial charge in [0.2, 0.25) is 11.8 Å². The third-order valence-corrected chi connectivity index (χ3v) is 3.22. The van der Waals surface area contributed by atoms with Crippen LogP contribution in [0.4, 0.5) is 0 Å². The van der Waals surface area contributed by atoms with Gasteiger partial charge in [0.15, 0.2) is 0 Å². The molecule has 0 aromatic rings. The van der Waals surface area contributed by atoms with E-state index in [4.69, 9.17) is 0 Å².